The lowest BCUT2D eigenvalue weighted by Gasteiger charge is -2.03. The van der Waals surface area contributed by atoms with Gasteiger partial charge in [0.05, 0.1) is 0 Å². The van der Waals surface area contributed by atoms with Crippen molar-refractivity contribution in [1.29, 1.82) is 0 Å². The van der Waals surface area contributed by atoms with Crippen LogP contribution in [0.25, 0.3) is 0 Å². The van der Waals surface area contributed by atoms with Gasteiger partial charge in [-0.1, -0.05) is 42.5 Å². The molecule has 0 radical (unpaired) electrons. The van der Waals surface area contributed by atoms with Crippen LogP contribution < -0.4 is 5.32 Å². The maximum atomic E-state index is 11.4. The van der Waals surface area contributed by atoms with Crippen LogP contribution in [0.1, 0.15) is 12.5 Å². The summed E-state index contributed by atoms with van der Waals surface area (Å²) in [6.07, 6.45) is 4.65. The molecule has 0 fully saturated rings. The zero-order valence-electron chi connectivity index (χ0n) is 11.8. The smallest absolute Gasteiger partial charge is 0.246 e. The fourth-order valence-corrected chi connectivity index (χ4v) is 1.77. The van der Waals surface area contributed by atoms with Crippen LogP contribution in [0.2, 0.25) is 0 Å². The standard InChI is InChI=1S/C17H19NO2/c1-13(9-15-7-5-4-6-8-15)10-16(12-19)11-14(2)17(20)18-3/h4-8,10-12H,1,9H2,2-3H3,(H,18,20)/b14-11+,16-10+. The molecule has 1 aromatic carbocycles. The number of carbonyl (C=O) groups is 2. The molecule has 1 amide bonds. The van der Waals surface area contributed by atoms with Gasteiger partial charge in [-0.25, -0.2) is 0 Å². The average molecular weight is 269 g/mol. The van der Waals surface area contributed by atoms with Crippen LogP contribution >= 0.6 is 0 Å². The Morgan fingerprint density at radius 2 is 1.90 bits per heavy atom. The third kappa shape index (κ3) is 5.06. The van der Waals surface area contributed by atoms with Gasteiger partial charge >= 0.3 is 0 Å². The normalized spacial score (nSPS) is 11.9. The zero-order valence-corrected chi connectivity index (χ0v) is 11.8. The molecule has 0 unspecified atom stereocenters. The van der Waals surface area contributed by atoms with E-state index in [0.717, 1.165) is 17.4 Å². The predicted octanol–water partition coefficient (Wildman–Crippen LogP) is 2.60. The first-order valence-electron chi connectivity index (χ1n) is 6.35. The van der Waals surface area contributed by atoms with Gasteiger partial charge in [0, 0.05) is 18.2 Å². The van der Waals surface area contributed by atoms with Crippen molar-refractivity contribution in [3.05, 3.63) is 71.3 Å². The van der Waals surface area contributed by atoms with Crippen molar-refractivity contribution in [2.24, 2.45) is 0 Å². The summed E-state index contributed by atoms with van der Waals surface area (Å²) >= 11 is 0. The van der Waals surface area contributed by atoms with Gasteiger partial charge < -0.3 is 5.32 Å². The van der Waals surface area contributed by atoms with E-state index in [4.69, 9.17) is 0 Å². The molecule has 3 heteroatoms. The number of rotatable bonds is 6. The molecule has 0 aliphatic rings. The van der Waals surface area contributed by atoms with Crippen molar-refractivity contribution >= 4 is 12.2 Å². The molecular formula is C17H19NO2. The summed E-state index contributed by atoms with van der Waals surface area (Å²) in [6, 6.07) is 9.88. The number of amides is 1. The molecule has 0 saturated heterocycles. The van der Waals surface area contributed by atoms with Gasteiger partial charge in [-0.15, -0.1) is 0 Å². The minimum Gasteiger partial charge on any atom is -0.355 e. The molecule has 104 valence electrons. The first-order valence-corrected chi connectivity index (χ1v) is 6.35. The number of hydrogen-bond acceptors (Lipinski definition) is 2. The number of aldehydes is 1. The number of benzene rings is 1. The van der Waals surface area contributed by atoms with Crippen LogP contribution in [0.15, 0.2) is 65.8 Å². The lowest BCUT2D eigenvalue weighted by molar-refractivity contribution is -0.117. The van der Waals surface area contributed by atoms with E-state index in [1.165, 1.54) is 0 Å². The Bertz CT molecular complexity index is 554. The Kier molecular flexibility index (Phi) is 6.17. The van der Waals surface area contributed by atoms with Crippen molar-refractivity contribution in [2.75, 3.05) is 7.05 Å². The summed E-state index contributed by atoms with van der Waals surface area (Å²) < 4.78 is 0. The van der Waals surface area contributed by atoms with Gasteiger partial charge in [0.15, 0.2) is 0 Å². The van der Waals surface area contributed by atoms with Gasteiger partial charge in [0.1, 0.15) is 6.29 Å². The second-order valence-corrected chi connectivity index (χ2v) is 4.49. The Labute approximate surface area is 119 Å². The van der Waals surface area contributed by atoms with E-state index in [2.05, 4.69) is 11.9 Å². The minimum absolute atomic E-state index is 0.202. The quantitative estimate of drug-likeness (QED) is 0.490. The van der Waals surface area contributed by atoms with Gasteiger partial charge in [-0.05, 0) is 31.1 Å². The van der Waals surface area contributed by atoms with E-state index in [1.54, 1.807) is 26.1 Å². The topological polar surface area (TPSA) is 46.2 Å². The molecule has 1 aromatic rings. The molecule has 0 aliphatic carbocycles. The first-order chi connectivity index (χ1) is 9.56. The monoisotopic (exact) mass is 269 g/mol. The minimum atomic E-state index is -0.202. The van der Waals surface area contributed by atoms with Crippen molar-refractivity contribution in [2.45, 2.75) is 13.3 Å². The van der Waals surface area contributed by atoms with Crippen molar-refractivity contribution < 1.29 is 9.59 Å². The summed E-state index contributed by atoms with van der Waals surface area (Å²) in [6.45, 7) is 5.61. The SMILES string of the molecule is C=C(/C=C(C=O)\C=C(/C)C(=O)NC)Cc1ccccc1. The molecule has 0 aliphatic heterocycles. The highest BCUT2D eigenvalue weighted by atomic mass is 16.1. The number of nitrogens with one attached hydrogen (secondary N) is 1. The Balaban J connectivity index is 2.81. The molecular weight excluding hydrogens is 250 g/mol. The maximum Gasteiger partial charge on any atom is 0.246 e. The van der Waals surface area contributed by atoms with E-state index in [9.17, 15) is 9.59 Å². The lowest BCUT2D eigenvalue weighted by atomic mass is 10.0. The third-order valence-electron chi connectivity index (χ3n) is 2.75. The molecule has 1 N–H and O–H groups in total. The highest BCUT2D eigenvalue weighted by molar-refractivity contribution is 5.95. The maximum absolute atomic E-state index is 11.4. The molecule has 0 aromatic heterocycles. The third-order valence-corrected chi connectivity index (χ3v) is 2.75. The van der Waals surface area contributed by atoms with Crippen molar-refractivity contribution in [3.63, 3.8) is 0 Å². The van der Waals surface area contributed by atoms with E-state index in [-0.39, 0.29) is 5.91 Å². The lowest BCUT2D eigenvalue weighted by Crippen LogP contribution is -2.18. The molecule has 0 spiro atoms. The number of likely N-dealkylation sites (N-methyl/N-ethyl adjacent to an activating group) is 1. The Hall–Kier alpha value is -2.42. The van der Waals surface area contributed by atoms with Crippen LogP contribution in [-0.4, -0.2) is 19.2 Å². The van der Waals surface area contributed by atoms with Crippen molar-refractivity contribution in [3.8, 4) is 0 Å². The van der Waals surface area contributed by atoms with Gasteiger partial charge in [-0.2, -0.15) is 0 Å². The van der Waals surface area contributed by atoms with E-state index >= 15 is 0 Å². The fraction of sp³-hybridized carbons (Fsp3) is 0.176. The fourth-order valence-electron chi connectivity index (χ4n) is 1.77. The molecule has 0 atom stereocenters. The summed E-state index contributed by atoms with van der Waals surface area (Å²) in [5.41, 5.74) is 2.87. The zero-order chi connectivity index (χ0) is 15.0. The summed E-state index contributed by atoms with van der Waals surface area (Å²) in [5.74, 6) is -0.202. The molecule has 3 nitrogen and oxygen atoms in total. The summed E-state index contributed by atoms with van der Waals surface area (Å²) in [7, 11) is 1.55. The van der Waals surface area contributed by atoms with Crippen LogP contribution in [0.3, 0.4) is 0 Å². The first kappa shape index (κ1) is 15.6. The number of allylic oxidation sites excluding steroid dienone is 4. The second-order valence-electron chi connectivity index (χ2n) is 4.49. The van der Waals surface area contributed by atoms with Crippen LogP contribution in [0.5, 0.6) is 0 Å². The molecule has 20 heavy (non-hydrogen) atoms. The Morgan fingerprint density at radius 1 is 1.25 bits per heavy atom. The molecule has 0 saturated carbocycles. The largest absolute Gasteiger partial charge is 0.355 e. The molecule has 0 bridgehead atoms. The molecule has 0 heterocycles. The summed E-state index contributed by atoms with van der Waals surface area (Å²) in [4.78, 5) is 22.4. The second kappa shape index (κ2) is 7.89. The van der Waals surface area contributed by atoms with Gasteiger partial charge in [-0.3, -0.25) is 9.59 Å². The van der Waals surface area contributed by atoms with E-state index in [1.807, 2.05) is 30.3 Å². The van der Waals surface area contributed by atoms with E-state index < -0.39 is 0 Å². The average Bonchev–Trinajstić information content (AvgIpc) is 2.46. The number of hydrogen-bond donors (Lipinski definition) is 1. The summed E-state index contributed by atoms with van der Waals surface area (Å²) in [5, 5.41) is 2.51. The highest BCUT2D eigenvalue weighted by Crippen LogP contribution is 2.10. The number of carbonyl (C=O) groups excluding carboxylic acids is 2. The van der Waals surface area contributed by atoms with E-state index in [0.29, 0.717) is 17.6 Å². The highest BCUT2D eigenvalue weighted by Gasteiger charge is 2.02. The van der Waals surface area contributed by atoms with Crippen LogP contribution in [0.4, 0.5) is 0 Å². The van der Waals surface area contributed by atoms with Crippen molar-refractivity contribution in [1.82, 2.24) is 5.32 Å². The Morgan fingerprint density at radius 3 is 2.45 bits per heavy atom. The van der Waals surface area contributed by atoms with Gasteiger partial charge in [0.2, 0.25) is 5.91 Å². The van der Waals surface area contributed by atoms with Crippen LogP contribution in [0, 0.1) is 0 Å². The van der Waals surface area contributed by atoms with Crippen LogP contribution in [-0.2, 0) is 16.0 Å². The predicted molar refractivity (Wildman–Crippen MR) is 81.3 cm³/mol. The molecule has 1 rings (SSSR count). The van der Waals surface area contributed by atoms with Gasteiger partial charge in [0.25, 0.3) is 0 Å².